The van der Waals surface area contributed by atoms with E-state index in [-0.39, 0.29) is 0 Å². The summed E-state index contributed by atoms with van der Waals surface area (Å²) >= 11 is 0. The van der Waals surface area contributed by atoms with Gasteiger partial charge in [-0.05, 0) is 0 Å². The number of carboxylic acids is 1. The predicted octanol–water partition coefficient (Wildman–Crippen LogP) is -10.5. The first kappa shape index (κ1) is 53.9. The highest BCUT2D eigenvalue weighted by Crippen LogP contribution is 2.36. The van der Waals surface area contributed by atoms with Crippen LogP contribution >= 0.6 is 0 Å². The number of rotatable bonds is 16. The third-order valence-electron chi connectivity index (χ3n) is 11.2. The number of carbonyl (C=O) groups excluding carboxylic acids is 3. The maximum absolute atomic E-state index is 12.5. The summed E-state index contributed by atoms with van der Waals surface area (Å²) in [5.41, 5.74) is 0. The molecule has 5 rings (SSSR count). The van der Waals surface area contributed by atoms with E-state index in [4.69, 9.17) is 52.1 Å². The molecular weight excluding hydrogens is 910 g/mol. The van der Waals surface area contributed by atoms with Gasteiger partial charge in [0.15, 0.2) is 49.8 Å². The molecule has 5 fully saturated rings. The van der Waals surface area contributed by atoms with E-state index in [0.29, 0.717) is 0 Å². The maximum atomic E-state index is 12.5. The summed E-state index contributed by atoms with van der Waals surface area (Å²) < 4.78 is 60.9. The molecule has 5 heterocycles. The van der Waals surface area contributed by atoms with Crippen molar-refractivity contribution < 1.29 is 143 Å². The average Bonchev–Trinajstić information content (AvgIpc) is 3.26. The van der Waals surface area contributed by atoms with Crippen LogP contribution in [-0.2, 0) is 71.3 Å². The number of aliphatic hydroxyl groups excluding tert-OH is 13. The second kappa shape index (κ2) is 23.1. The summed E-state index contributed by atoms with van der Waals surface area (Å²) in [6.45, 7) is -0.890. The number of hydrogen-bond acceptors (Lipinski definition) is 28. The van der Waals surface area contributed by atoms with Gasteiger partial charge in [-0.25, -0.2) is 4.79 Å². The first-order valence-corrected chi connectivity index (χ1v) is 20.4. The number of carboxylic acid groups (broad SMARTS) is 1. The second-order valence-electron chi connectivity index (χ2n) is 15.9. The third kappa shape index (κ3) is 11.9. The van der Waals surface area contributed by atoms with Crippen molar-refractivity contribution in [3.05, 3.63) is 0 Å². The van der Waals surface area contributed by atoms with Crippen LogP contribution in [0.5, 0.6) is 0 Å². The minimum absolute atomic E-state index is 0.717. The zero-order chi connectivity index (χ0) is 49.1. The van der Waals surface area contributed by atoms with Gasteiger partial charge in [0.2, 0.25) is 5.91 Å². The number of aliphatic hydroxyl groups is 13. The number of esters is 2. The molecule has 0 aromatic heterocycles. The summed E-state index contributed by atoms with van der Waals surface area (Å²) in [6.07, 6.45) is -46.7. The van der Waals surface area contributed by atoms with Gasteiger partial charge in [-0.1, -0.05) is 0 Å². The molecule has 30 nitrogen and oxygen atoms in total. The number of nitrogens with one attached hydrogen (secondary N) is 1. The van der Waals surface area contributed by atoms with Gasteiger partial charge in [0, 0.05) is 20.8 Å². The summed E-state index contributed by atoms with van der Waals surface area (Å²) in [6, 6.07) is -1.55. The summed E-state index contributed by atoms with van der Waals surface area (Å²) in [4.78, 5) is 49.1. The Balaban J connectivity index is 1.33. The van der Waals surface area contributed by atoms with Crippen molar-refractivity contribution in [1.82, 2.24) is 5.32 Å². The molecule has 1 amide bonds. The molecule has 0 bridgehead atoms. The fraction of sp³-hybridized carbons (Fsp3) is 0.889. The highest BCUT2D eigenvalue weighted by Gasteiger charge is 2.58. The number of amides is 1. The molecule has 66 heavy (non-hydrogen) atoms. The zero-order valence-corrected chi connectivity index (χ0v) is 35.1. The Bertz CT molecular complexity index is 1630. The molecule has 30 heteroatoms. The lowest BCUT2D eigenvalue weighted by Gasteiger charge is -2.49. The van der Waals surface area contributed by atoms with Gasteiger partial charge in [0.25, 0.3) is 0 Å². The molecule has 5 saturated heterocycles. The second-order valence-corrected chi connectivity index (χ2v) is 15.9. The molecule has 0 aromatic carbocycles. The van der Waals surface area contributed by atoms with Crippen LogP contribution in [0.1, 0.15) is 20.8 Å². The van der Waals surface area contributed by atoms with Crippen molar-refractivity contribution in [1.29, 1.82) is 0 Å². The average molecular weight is 968 g/mol. The molecule has 0 aromatic rings. The molecule has 0 aliphatic carbocycles. The summed E-state index contributed by atoms with van der Waals surface area (Å²) in [5, 5.41) is 149. The molecule has 380 valence electrons. The lowest BCUT2D eigenvalue weighted by molar-refractivity contribution is -0.378. The number of aliphatic carboxylic acids is 1. The van der Waals surface area contributed by atoms with E-state index in [9.17, 15) is 90.7 Å². The van der Waals surface area contributed by atoms with Gasteiger partial charge in [-0.2, -0.15) is 0 Å². The molecule has 0 unspecified atom stereocenters. The van der Waals surface area contributed by atoms with Crippen molar-refractivity contribution in [2.45, 2.75) is 174 Å². The molecule has 15 N–H and O–H groups in total. The molecule has 25 atom stereocenters. The van der Waals surface area contributed by atoms with Crippen LogP contribution < -0.4 is 5.32 Å². The van der Waals surface area contributed by atoms with Crippen molar-refractivity contribution in [3.63, 3.8) is 0 Å². The molecular formula is C36H57NO29. The van der Waals surface area contributed by atoms with Gasteiger partial charge in [0.05, 0.1) is 26.4 Å². The van der Waals surface area contributed by atoms with Crippen LogP contribution in [0.15, 0.2) is 0 Å². The van der Waals surface area contributed by atoms with E-state index in [1.165, 1.54) is 0 Å². The lowest BCUT2D eigenvalue weighted by Crippen LogP contribution is -2.69. The minimum atomic E-state index is -2.23. The van der Waals surface area contributed by atoms with E-state index in [0.717, 1.165) is 20.8 Å². The van der Waals surface area contributed by atoms with Crippen LogP contribution in [0.25, 0.3) is 0 Å². The Morgan fingerprint density at radius 2 is 0.939 bits per heavy atom. The Morgan fingerprint density at radius 3 is 1.47 bits per heavy atom. The van der Waals surface area contributed by atoms with E-state index < -0.39 is 204 Å². The molecule has 5 aliphatic rings. The number of ether oxygens (including phenoxy) is 11. The van der Waals surface area contributed by atoms with Crippen LogP contribution in [-0.4, -0.2) is 275 Å². The monoisotopic (exact) mass is 967 g/mol. The van der Waals surface area contributed by atoms with Crippen LogP contribution in [0.3, 0.4) is 0 Å². The Labute approximate surface area is 372 Å². The van der Waals surface area contributed by atoms with E-state index in [2.05, 4.69) is 5.32 Å². The Kier molecular flexibility index (Phi) is 18.9. The maximum Gasteiger partial charge on any atom is 0.335 e. The van der Waals surface area contributed by atoms with Gasteiger partial charge in [-0.15, -0.1) is 0 Å². The van der Waals surface area contributed by atoms with Crippen molar-refractivity contribution in [2.75, 3.05) is 26.4 Å². The van der Waals surface area contributed by atoms with Crippen LogP contribution in [0, 0.1) is 0 Å². The summed E-state index contributed by atoms with van der Waals surface area (Å²) in [7, 11) is 0. The Hall–Kier alpha value is -3.00. The van der Waals surface area contributed by atoms with Crippen LogP contribution in [0.2, 0.25) is 0 Å². The van der Waals surface area contributed by atoms with E-state index in [1.54, 1.807) is 0 Å². The van der Waals surface area contributed by atoms with Gasteiger partial charge in [0.1, 0.15) is 104 Å². The van der Waals surface area contributed by atoms with E-state index >= 15 is 0 Å². The molecule has 0 spiro atoms. The van der Waals surface area contributed by atoms with Crippen LogP contribution in [0.4, 0.5) is 0 Å². The zero-order valence-electron chi connectivity index (χ0n) is 35.1. The quantitative estimate of drug-likeness (QED) is 0.0639. The van der Waals surface area contributed by atoms with E-state index in [1.807, 2.05) is 0 Å². The number of hydrogen-bond donors (Lipinski definition) is 15. The van der Waals surface area contributed by atoms with Gasteiger partial charge in [-0.3, -0.25) is 14.4 Å². The fourth-order valence-electron chi connectivity index (χ4n) is 7.91. The molecule has 0 radical (unpaired) electrons. The highest BCUT2D eigenvalue weighted by molar-refractivity contribution is 5.74. The standard InChI is InChI=1S/C36H57NO29/c1-8(41)37-15-18(46)25(12(5-39)59-32(15)55)63-36-30(58-10(3)43)28(57-9(2)42)26(13(6-40)61-36)64-35-23(51)20(48)17(45)14(62-35)7-56-33-24(52)21(49)27(29(66-33)31(53)54)65-34-22(50)19(47)16(44)11(4-38)60-34/h11-30,32-36,38-40,44-52,55H,4-7H2,1-3H3,(H,37,41)(H,53,54)/t11-,12-,13-,14-,15-,16+,17+,18-,19+,20+,21-,22-,23-,24-,25-,26+,27+,28+,29+,30-,32-,33-,34-,35+,36+/m1/s1. The topological polar surface area (TPSA) is 465 Å². The van der Waals surface area contributed by atoms with Gasteiger partial charge < -0.3 is 129 Å². The highest BCUT2D eigenvalue weighted by atomic mass is 16.8. The minimum Gasteiger partial charge on any atom is -0.479 e. The smallest absolute Gasteiger partial charge is 0.335 e. The SMILES string of the molecule is CC(=O)N[C@@H]1[C@@H](O)[C@H](O[C@@H]2O[C@H](CO)[C@H](O[C@@H]3O[C@H](CO[C@@H]4O[C@H](C(=O)O)[C@@H](O[C@H]5O[C@H](CO)[C@H](O)[C@H](O)[C@H]5O)[C@H](O)[C@H]4O)[C@H](O)[C@H](O)[C@H]3O)[C@H](OC(C)=O)[C@H]2OC(C)=O)[C@@H](CO)O[C@H]1O. The largest absolute Gasteiger partial charge is 0.479 e. The van der Waals surface area contributed by atoms with Crippen molar-refractivity contribution in [3.8, 4) is 0 Å². The molecule has 0 saturated carbocycles. The number of carbonyl (C=O) groups is 4. The summed E-state index contributed by atoms with van der Waals surface area (Å²) in [5.74, 6) is -4.66. The first-order chi connectivity index (χ1) is 31.0. The van der Waals surface area contributed by atoms with Crippen molar-refractivity contribution >= 4 is 23.8 Å². The third-order valence-corrected chi connectivity index (χ3v) is 11.2. The predicted molar refractivity (Wildman–Crippen MR) is 198 cm³/mol. The molecule has 5 aliphatic heterocycles. The fourth-order valence-corrected chi connectivity index (χ4v) is 7.91. The first-order valence-electron chi connectivity index (χ1n) is 20.4. The van der Waals surface area contributed by atoms with Gasteiger partial charge >= 0.3 is 17.9 Å². The lowest BCUT2D eigenvalue weighted by atomic mass is 9.95. The normalized spacial score (nSPS) is 46.5. The Morgan fingerprint density at radius 1 is 0.470 bits per heavy atom. The van der Waals surface area contributed by atoms with Crippen molar-refractivity contribution in [2.24, 2.45) is 0 Å².